The molecule has 1 aromatic rings. The van der Waals surface area contributed by atoms with Gasteiger partial charge in [-0.2, -0.15) is 0 Å². The molecule has 19 heavy (non-hydrogen) atoms. The first-order valence-corrected chi connectivity index (χ1v) is 7.19. The summed E-state index contributed by atoms with van der Waals surface area (Å²) < 4.78 is 12.2. The van der Waals surface area contributed by atoms with Gasteiger partial charge < -0.3 is 5.32 Å². The van der Waals surface area contributed by atoms with E-state index in [0.717, 1.165) is 25.9 Å². The average Bonchev–Trinajstić information content (AvgIpc) is 2.40. The summed E-state index contributed by atoms with van der Waals surface area (Å²) in [6.45, 7) is 1.85. The fourth-order valence-corrected chi connectivity index (χ4v) is 3.51. The normalized spacial score (nSPS) is 17.5. The number of nitrogens with one attached hydrogen (secondary N) is 1. The Balaban J connectivity index is 0.00000180. The lowest BCUT2D eigenvalue weighted by molar-refractivity contribution is -0.388. The average molecular weight is 306 g/mol. The highest BCUT2D eigenvalue weighted by atomic mass is 35.5. The summed E-state index contributed by atoms with van der Waals surface area (Å²) in [6.07, 6.45) is 3.38. The largest absolute Gasteiger partial charge is 0.317 e. The van der Waals surface area contributed by atoms with Crippen molar-refractivity contribution in [1.82, 2.24) is 10.3 Å². The molecule has 106 valence electrons. The molecule has 1 fully saturated rings. The number of hydrogen-bond acceptors (Lipinski definition) is 5. The van der Waals surface area contributed by atoms with Crippen molar-refractivity contribution in [3.63, 3.8) is 0 Å². The summed E-state index contributed by atoms with van der Waals surface area (Å²) in [5.74, 6) is 0.813. The van der Waals surface area contributed by atoms with Crippen molar-refractivity contribution in [3.8, 4) is 0 Å². The van der Waals surface area contributed by atoms with Gasteiger partial charge in [0.25, 0.3) is 0 Å². The molecule has 1 aromatic heterocycles. The van der Waals surface area contributed by atoms with Crippen LogP contribution in [-0.2, 0) is 10.8 Å². The van der Waals surface area contributed by atoms with Crippen LogP contribution in [0, 0.1) is 16.0 Å². The SMILES string of the molecule is Cl.O=[N+]([O-])c1cccnc1S(=O)CC1CCNCC1. The Morgan fingerprint density at radius 3 is 2.79 bits per heavy atom. The Kier molecular flexibility index (Phi) is 6.33. The minimum atomic E-state index is -1.39. The van der Waals surface area contributed by atoms with Crippen LogP contribution in [0.25, 0.3) is 0 Å². The minimum Gasteiger partial charge on any atom is -0.317 e. The van der Waals surface area contributed by atoms with E-state index in [1.807, 2.05) is 0 Å². The first kappa shape index (κ1) is 16.0. The minimum absolute atomic E-state index is 0. The Labute approximate surface area is 120 Å². The van der Waals surface area contributed by atoms with Gasteiger partial charge in [-0.3, -0.25) is 14.3 Å². The van der Waals surface area contributed by atoms with Gasteiger partial charge in [-0.15, -0.1) is 12.4 Å². The predicted octanol–water partition coefficient (Wildman–Crippen LogP) is 1.52. The second-order valence-electron chi connectivity index (χ2n) is 4.29. The molecule has 0 radical (unpaired) electrons. The van der Waals surface area contributed by atoms with Crippen LogP contribution >= 0.6 is 12.4 Å². The molecule has 1 aliphatic rings. The van der Waals surface area contributed by atoms with E-state index in [9.17, 15) is 14.3 Å². The van der Waals surface area contributed by atoms with Crippen molar-refractivity contribution in [2.45, 2.75) is 17.9 Å². The molecule has 1 saturated heterocycles. The third-order valence-electron chi connectivity index (χ3n) is 3.01. The molecule has 2 rings (SSSR count). The van der Waals surface area contributed by atoms with Gasteiger partial charge in [0.05, 0.1) is 15.7 Å². The number of hydrogen-bond donors (Lipinski definition) is 1. The molecule has 0 bridgehead atoms. The Hall–Kier alpha value is -1.05. The molecular weight excluding hydrogens is 290 g/mol. The van der Waals surface area contributed by atoms with E-state index in [4.69, 9.17) is 0 Å². The van der Waals surface area contributed by atoms with Gasteiger partial charge in [-0.25, -0.2) is 4.98 Å². The lowest BCUT2D eigenvalue weighted by atomic mass is 10.0. The van der Waals surface area contributed by atoms with Crippen molar-refractivity contribution in [3.05, 3.63) is 28.4 Å². The highest BCUT2D eigenvalue weighted by Gasteiger charge is 2.23. The second-order valence-corrected chi connectivity index (χ2v) is 5.70. The monoisotopic (exact) mass is 305 g/mol. The molecule has 0 saturated carbocycles. The van der Waals surface area contributed by atoms with E-state index in [-0.39, 0.29) is 23.1 Å². The van der Waals surface area contributed by atoms with Crippen LogP contribution in [0.4, 0.5) is 5.69 Å². The molecule has 8 heteroatoms. The van der Waals surface area contributed by atoms with E-state index in [1.165, 1.54) is 18.3 Å². The molecule has 6 nitrogen and oxygen atoms in total. The molecule has 2 heterocycles. The Morgan fingerprint density at radius 2 is 2.16 bits per heavy atom. The maximum Gasteiger partial charge on any atom is 0.303 e. The summed E-state index contributed by atoms with van der Waals surface area (Å²) >= 11 is 0. The summed E-state index contributed by atoms with van der Waals surface area (Å²) in [5.41, 5.74) is -0.148. The van der Waals surface area contributed by atoms with Crippen LogP contribution in [-0.4, -0.2) is 33.0 Å². The van der Waals surface area contributed by atoms with Gasteiger partial charge in [0, 0.05) is 18.0 Å². The van der Waals surface area contributed by atoms with E-state index >= 15 is 0 Å². The first-order chi connectivity index (χ1) is 8.68. The maximum absolute atomic E-state index is 12.2. The predicted molar refractivity (Wildman–Crippen MR) is 75.0 cm³/mol. The van der Waals surface area contributed by atoms with E-state index in [2.05, 4.69) is 10.3 Å². The fourth-order valence-electron chi connectivity index (χ4n) is 2.04. The van der Waals surface area contributed by atoms with Crippen LogP contribution < -0.4 is 5.32 Å². The van der Waals surface area contributed by atoms with Gasteiger partial charge in [0.1, 0.15) is 0 Å². The summed E-state index contributed by atoms with van der Waals surface area (Å²) in [4.78, 5) is 14.2. The Morgan fingerprint density at radius 1 is 1.47 bits per heavy atom. The standard InChI is InChI=1S/C11H15N3O3S.ClH/c15-14(16)10-2-1-5-13-11(10)18(17)8-9-3-6-12-7-4-9;/h1-2,5,9,12H,3-4,6-8H2;1H. The number of aromatic nitrogens is 1. The molecule has 0 aromatic carbocycles. The quantitative estimate of drug-likeness (QED) is 0.673. The topological polar surface area (TPSA) is 85.1 Å². The molecule has 1 N–H and O–H groups in total. The molecule has 0 spiro atoms. The van der Waals surface area contributed by atoms with Crippen LogP contribution in [0.1, 0.15) is 12.8 Å². The van der Waals surface area contributed by atoms with Crippen molar-refractivity contribution < 1.29 is 9.13 Å². The third-order valence-corrected chi connectivity index (χ3v) is 4.53. The first-order valence-electron chi connectivity index (χ1n) is 5.87. The highest BCUT2D eigenvalue weighted by Crippen LogP contribution is 2.22. The summed E-state index contributed by atoms with van der Waals surface area (Å²) in [7, 11) is -1.39. The zero-order chi connectivity index (χ0) is 13.0. The van der Waals surface area contributed by atoms with Gasteiger partial charge in [0.2, 0.25) is 5.03 Å². The molecule has 0 aliphatic carbocycles. The molecule has 1 aliphatic heterocycles. The summed E-state index contributed by atoms with van der Waals surface area (Å²) in [5, 5.41) is 14.2. The third kappa shape index (κ3) is 4.22. The van der Waals surface area contributed by atoms with Gasteiger partial charge in [-0.1, -0.05) is 0 Å². The van der Waals surface area contributed by atoms with E-state index in [0.29, 0.717) is 11.7 Å². The highest BCUT2D eigenvalue weighted by molar-refractivity contribution is 7.85. The van der Waals surface area contributed by atoms with Gasteiger partial charge in [0.15, 0.2) is 0 Å². The number of piperidine rings is 1. The number of pyridine rings is 1. The van der Waals surface area contributed by atoms with Crippen LogP contribution in [0.2, 0.25) is 0 Å². The van der Waals surface area contributed by atoms with Gasteiger partial charge >= 0.3 is 5.69 Å². The maximum atomic E-state index is 12.2. The zero-order valence-electron chi connectivity index (χ0n) is 10.3. The molecule has 1 unspecified atom stereocenters. The lowest BCUT2D eigenvalue weighted by Gasteiger charge is -2.21. The van der Waals surface area contributed by atoms with Gasteiger partial charge in [-0.05, 0) is 37.9 Å². The van der Waals surface area contributed by atoms with Crippen molar-refractivity contribution >= 4 is 28.9 Å². The Bertz CT molecular complexity index is 466. The molecule has 0 amide bonds. The zero-order valence-corrected chi connectivity index (χ0v) is 11.9. The van der Waals surface area contributed by atoms with E-state index < -0.39 is 15.7 Å². The fraction of sp³-hybridized carbons (Fsp3) is 0.545. The van der Waals surface area contributed by atoms with E-state index in [1.54, 1.807) is 0 Å². The summed E-state index contributed by atoms with van der Waals surface area (Å²) in [6, 6.07) is 2.84. The molecule has 1 atom stereocenters. The van der Waals surface area contributed by atoms with Crippen LogP contribution in [0.15, 0.2) is 23.4 Å². The number of halogens is 1. The van der Waals surface area contributed by atoms with Crippen molar-refractivity contribution in [2.75, 3.05) is 18.8 Å². The second kappa shape index (κ2) is 7.52. The molecular formula is C11H16ClN3O3S. The smallest absolute Gasteiger partial charge is 0.303 e. The number of rotatable bonds is 4. The lowest BCUT2D eigenvalue weighted by Crippen LogP contribution is -2.30. The number of nitro groups is 1. The van der Waals surface area contributed by atoms with Crippen molar-refractivity contribution in [2.24, 2.45) is 5.92 Å². The van der Waals surface area contributed by atoms with Crippen LogP contribution in [0.5, 0.6) is 0 Å². The van der Waals surface area contributed by atoms with Crippen molar-refractivity contribution in [1.29, 1.82) is 0 Å². The van der Waals surface area contributed by atoms with Crippen LogP contribution in [0.3, 0.4) is 0 Å². The number of nitrogens with zero attached hydrogens (tertiary/aromatic N) is 2.